The molecular weight excluding hydrogens is 592 g/mol. The van der Waals surface area contributed by atoms with E-state index in [2.05, 4.69) is 0 Å². The Labute approximate surface area is 157 Å². The minimum absolute atomic E-state index is 0. The molecule has 0 unspecified atom stereocenters. The summed E-state index contributed by atoms with van der Waals surface area (Å²) in [6.07, 6.45) is 0. The first-order valence-corrected chi connectivity index (χ1v) is 0. The number of rotatable bonds is 0. The third kappa shape index (κ3) is 17.6. The molecular formula is BaBiNbSrZn. The third-order valence-electron chi connectivity index (χ3n) is 0. The van der Waals surface area contributed by atoms with Crippen molar-refractivity contribution in [1.29, 1.82) is 0 Å². The molecule has 0 aromatic carbocycles. The minimum atomic E-state index is 0. The molecule has 0 saturated carbocycles. The molecule has 0 saturated heterocycles. The summed E-state index contributed by atoms with van der Waals surface area (Å²) < 4.78 is 0. The van der Waals surface area contributed by atoms with E-state index in [1.807, 2.05) is 0 Å². The summed E-state index contributed by atoms with van der Waals surface area (Å²) in [6.45, 7) is 0. The molecule has 0 aromatic rings. The van der Waals surface area contributed by atoms with Crippen LogP contribution in [0, 0.1) is 0 Å². The van der Waals surface area contributed by atoms with Crippen LogP contribution in [0.4, 0.5) is 0 Å². The van der Waals surface area contributed by atoms with E-state index in [9.17, 15) is 0 Å². The molecule has 0 bridgehead atoms. The zero-order valence-electron chi connectivity index (χ0n) is 3.02. The normalized spacial score (nSPS) is 0. The van der Waals surface area contributed by atoms with Crippen molar-refractivity contribution in [3.63, 3.8) is 0 Å². The van der Waals surface area contributed by atoms with Crippen LogP contribution in [0.3, 0.4) is 0 Å². The maximum Gasteiger partial charge on any atom is 0 e. The van der Waals surface area contributed by atoms with E-state index in [1.54, 1.807) is 0 Å². The fourth-order valence-corrected chi connectivity index (χ4v) is 0. The predicted octanol–water partition coefficient (Wildman–Crippen LogP) is -1.15. The van der Waals surface area contributed by atoms with E-state index < -0.39 is 0 Å². The maximum absolute atomic E-state index is 0. The average Bonchev–Trinajstić information content (AvgIpc) is 0. The summed E-state index contributed by atoms with van der Waals surface area (Å²) in [5.41, 5.74) is 0. The van der Waals surface area contributed by atoms with Gasteiger partial charge >= 0.3 is 0 Å². The fraction of sp³-hybridized carbons (Fsp3) is 0. The van der Waals surface area contributed by atoms with Crippen LogP contribution < -0.4 is 0 Å². The Morgan fingerprint density at radius 1 is 1.00 bits per heavy atom. The van der Waals surface area contributed by atoms with Crippen molar-refractivity contribution in [2.75, 3.05) is 0 Å². The van der Waals surface area contributed by atoms with Crippen molar-refractivity contribution in [3.8, 4) is 0 Å². The maximum atomic E-state index is 0. The van der Waals surface area contributed by atoms with Gasteiger partial charge in [0.15, 0.2) is 0 Å². The van der Waals surface area contributed by atoms with Gasteiger partial charge in [0, 0.05) is 162 Å². The SMILES string of the molecule is [Ba].[Bi].[Nb].[Sr].[Zn]. The Balaban J connectivity index is 0. The molecule has 0 fully saturated rings. The first-order chi connectivity index (χ1) is 0. The molecule has 0 aromatic heterocycles. The van der Waals surface area contributed by atoms with Gasteiger partial charge in [-0.15, -0.1) is 0 Å². The van der Waals surface area contributed by atoms with E-state index in [1.165, 1.54) is 0 Å². The van der Waals surface area contributed by atoms with Crippen molar-refractivity contribution in [1.82, 2.24) is 0 Å². The van der Waals surface area contributed by atoms with E-state index in [4.69, 9.17) is 0 Å². The predicted molar refractivity (Wildman–Crippen MR) is 17.3 cm³/mol. The van der Waals surface area contributed by atoms with Crippen molar-refractivity contribution in [2.45, 2.75) is 0 Å². The van der Waals surface area contributed by atoms with Crippen LogP contribution in [0.2, 0.25) is 0 Å². The van der Waals surface area contributed by atoms with E-state index in [-0.39, 0.29) is 162 Å². The van der Waals surface area contributed by atoms with Gasteiger partial charge in [0.1, 0.15) is 0 Å². The summed E-state index contributed by atoms with van der Waals surface area (Å²) in [5.74, 6) is 0. The summed E-state index contributed by atoms with van der Waals surface area (Å²) >= 11 is 0. The minimum Gasteiger partial charge on any atom is 0 e. The van der Waals surface area contributed by atoms with Crippen LogP contribution in [0.25, 0.3) is 0 Å². The molecule has 0 aliphatic rings. The molecule has 5 heavy (non-hydrogen) atoms. The van der Waals surface area contributed by atoms with Crippen molar-refractivity contribution in [2.24, 2.45) is 0 Å². The van der Waals surface area contributed by atoms with Crippen molar-refractivity contribution < 1.29 is 41.9 Å². The second-order valence-electron chi connectivity index (χ2n) is 0. The quantitative estimate of drug-likeness (QED) is 0.312. The Bertz CT molecular complexity index is 11.6. The standard InChI is InChI=1S/Ba.Bi.Nb.Sr.Zn. The molecule has 0 aliphatic heterocycles. The Morgan fingerprint density at radius 3 is 1.00 bits per heavy atom. The van der Waals surface area contributed by atoms with Gasteiger partial charge in [0.05, 0.1) is 0 Å². The number of hydrogen-bond donors (Lipinski definition) is 0. The Hall–Kier alpha value is 5.30. The Kier molecular flexibility index (Phi) is 145. The molecule has 0 amide bonds. The summed E-state index contributed by atoms with van der Waals surface area (Å²) in [6, 6.07) is 0. The van der Waals surface area contributed by atoms with Gasteiger partial charge in [-0.3, -0.25) is 0 Å². The molecule has 0 atom stereocenters. The topological polar surface area (TPSA) is 0 Å². The molecule has 0 aliphatic carbocycles. The van der Waals surface area contributed by atoms with E-state index in [0.29, 0.717) is 0 Å². The van der Waals surface area contributed by atoms with Gasteiger partial charge in [-0.2, -0.15) is 0 Å². The van der Waals surface area contributed by atoms with Crippen LogP contribution in [0.15, 0.2) is 0 Å². The van der Waals surface area contributed by atoms with E-state index in [0.717, 1.165) is 0 Å². The first kappa shape index (κ1) is 31.7. The van der Waals surface area contributed by atoms with Gasteiger partial charge in [-0.1, -0.05) is 0 Å². The van der Waals surface area contributed by atoms with Gasteiger partial charge < -0.3 is 0 Å². The molecule has 0 heterocycles. The summed E-state index contributed by atoms with van der Waals surface area (Å²) in [7, 11) is 0. The van der Waals surface area contributed by atoms with Crippen LogP contribution in [-0.4, -0.2) is 121 Å². The van der Waals surface area contributed by atoms with Gasteiger partial charge in [-0.05, 0) is 0 Å². The number of hydrogen-bond acceptors (Lipinski definition) is 0. The average molecular weight is 592 g/mol. The monoisotopic (exact) mass is 592 g/mol. The molecule has 5 heteroatoms. The molecule has 0 N–H and O–H groups in total. The second-order valence-corrected chi connectivity index (χ2v) is 0. The third-order valence-corrected chi connectivity index (χ3v) is 0. The van der Waals surface area contributed by atoms with Crippen molar-refractivity contribution in [3.05, 3.63) is 0 Å². The fourth-order valence-electron chi connectivity index (χ4n) is 0. The van der Waals surface area contributed by atoms with Gasteiger partial charge in [0.2, 0.25) is 0 Å². The molecule has 16 valence electrons. The zero-order valence-corrected chi connectivity index (χ0v) is 19.6. The smallest absolute Gasteiger partial charge is 0 e. The second kappa shape index (κ2) is 22.8. The van der Waals surface area contributed by atoms with Gasteiger partial charge in [0.25, 0.3) is 0 Å². The largest absolute Gasteiger partial charge is 0 e. The first-order valence-electron chi connectivity index (χ1n) is 0. The van der Waals surface area contributed by atoms with Gasteiger partial charge in [-0.25, -0.2) is 0 Å². The zero-order chi connectivity index (χ0) is 0. The molecule has 8 radical (unpaired) electrons. The van der Waals surface area contributed by atoms with Crippen LogP contribution >= 0.6 is 0 Å². The molecule has 0 spiro atoms. The Morgan fingerprint density at radius 2 is 1.00 bits per heavy atom. The summed E-state index contributed by atoms with van der Waals surface area (Å²) in [4.78, 5) is 0. The summed E-state index contributed by atoms with van der Waals surface area (Å²) in [5, 5.41) is 0. The molecule has 0 nitrogen and oxygen atoms in total. The van der Waals surface area contributed by atoms with E-state index >= 15 is 0 Å². The van der Waals surface area contributed by atoms with Crippen LogP contribution in [0.5, 0.6) is 0 Å². The molecule has 0 rings (SSSR count). The van der Waals surface area contributed by atoms with Crippen molar-refractivity contribution >= 4 is 121 Å². The van der Waals surface area contributed by atoms with Crippen LogP contribution in [0.1, 0.15) is 0 Å². The van der Waals surface area contributed by atoms with Crippen LogP contribution in [-0.2, 0) is 41.9 Å².